The van der Waals surface area contributed by atoms with Crippen molar-refractivity contribution in [2.75, 3.05) is 14.2 Å². The molecule has 3 rings (SSSR count). The molecule has 0 saturated heterocycles. The summed E-state index contributed by atoms with van der Waals surface area (Å²) in [4.78, 5) is 17.8. The fourth-order valence-electron chi connectivity index (χ4n) is 2.80. The van der Waals surface area contributed by atoms with Gasteiger partial charge in [-0.2, -0.15) is 9.78 Å². The Hall–Kier alpha value is -2.67. The van der Waals surface area contributed by atoms with Gasteiger partial charge in [0.25, 0.3) is 5.56 Å². The van der Waals surface area contributed by atoms with Crippen molar-refractivity contribution >= 4 is 33.0 Å². The van der Waals surface area contributed by atoms with Gasteiger partial charge in [-0.25, -0.2) is 4.98 Å². The number of hydrogen-bond donors (Lipinski definition) is 0. The number of ether oxygens (including phenoxy) is 2. The van der Waals surface area contributed by atoms with Gasteiger partial charge >= 0.3 is 0 Å². The molecule has 1 heterocycles. The molecule has 0 atom stereocenters. The quantitative estimate of drug-likeness (QED) is 0.561. The van der Waals surface area contributed by atoms with Crippen LogP contribution in [0.4, 0.5) is 0 Å². The summed E-state index contributed by atoms with van der Waals surface area (Å²) in [5.41, 5.74) is 0.845. The Bertz CT molecular complexity index is 1110. The zero-order valence-corrected chi connectivity index (χ0v) is 18.1. The summed E-state index contributed by atoms with van der Waals surface area (Å²) in [7, 11) is 3.16. The van der Waals surface area contributed by atoms with E-state index in [1.165, 1.54) is 4.68 Å². The van der Waals surface area contributed by atoms with E-state index in [1.807, 2.05) is 39.0 Å². The van der Waals surface area contributed by atoms with Gasteiger partial charge in [-0.05, 0) is 42.0 Å². The van der Waals surface area contributed by atoms with E-state index in [1.54, 1.807) is 38.6 Å². The van der Waals surface area contributed by atoms with Gasteiger partial charge in [-0.1, -0.05) is 36.7 Å². The monoisotopic (exact) mass is 443 g/mol. The van der Waals surface area contributed by atoms with E-state index in [4.69, 9.17) is 14.5 Å². The van der Waals surface area contributed by atoms with Crippen molar-refractivity contribution in [1.29, 1.82) is 0 Å². The molecule has 1 aromatic heterocycles. The smallest absolute Gasteiger partial charge is 0.282 e. The predicted molar refractivity (Wildman–Crippen MR) is 115 cm³/mol. The average Bonchev–Trinajstić information content (AvgIpc) is 2.66. The van der Waals surface area contributed by atoms with E-state index in [2.05, 4.69) is 21.0 Å². The van der Waals surface area contributed by atoms with E-state index in [0.717, 1.165) is 10.0 Å². The van der Waals surface area contributed by atoms with Gasteiger partial charge in [-0.15, -0.1) is 0 Å². The third-order valence-corrected chi connectivity index (χ3v) is 4.70. The first kappa shape index (κ1) is 20.1. The van der Waals surface area contributed by atoms with Gasteiger partial charge < -0.3 is 9.47 Å². The number of hydrogen-bond acceptors (Lipinski definition) is 5. The van der Waals surface area contributed by atoms with Crippen LogP contribution in [0.5, 0.6) is 11.5 Å². The lowest BCUT2D eigenvalue weighted by Gasteiger charge is -2.20. The van der Waals surface area contributed by atoms with Gasteiger partial charge in [0.2, 0.25) is 0 Å². The lowest BCUT2D eigenvalue weighted by Crippen LogP contribution is -2.29. The highest BCUT2D eigenvalue weighted by Gasteiger charge is 2.22. The summed E-state index contributed by atoms with van der Waals surface area (Å²) < 4.78 is 12.8. The van der Waals surface area contributed by atoms with Crippen LogP contribution >= 0.6 is 15.9 Å². The summed E-state index contributed by atoms with van der Waals surface area (Å²) in [6.45, 7) is 6.01. The first-order chi connectivity index (χ1) is 13.2. The van der Waals surface area contributed by atoms with Crippen LogP contribution in [0.25, 0.3) is 10.9 Å². The third kappa shape index (κ3) is 3.94. The SMILES string of the molecule is COc1ccc(C=Nn2c(C(C)(C)C)nc3ccc(Br)cc3c2=O)cc1OC. The lowest BCUT2D eigenvalue weighted by atomic mass is 9.95. The van der Waals surface area contributed by atoms with Crippen LogP contribution in [0, 0.1) is 0 Å². The molecule has 0 fully saturated rings. The maximum absolute atomic E-state index is 13.1. The number of fused-ring (bicyclic) bond motifs is 1. The normalized spacial score (nSPS) is 11.9. The molecule has 0 N–H and O–H groups in total. The van der Waals surface area contributed by atoms with E-state index >= 15 is 0 Å². The molecular formula is C21H22BrN3O3. The minimum atomic E-state index is -0.366. The van der Waals surface area contributed by atoms with Crippen LogP contribution in [-0.2, 0) is 5.41 Å². The number of aromatic nitrogens is 2. The Labute approximate surface area is 171 Å². The van der Waals surface area contributed by atoms with Crippen LogP contribution < -0.4 is 15.0 Å². The fourth-order valence-corrected chi connectivity index (χ4v) is 3.16. The molecule has 0 aliphatic heterocycles. The van der Waals surface area contributed by atoms with E-state index in [9.17, 15) is 4.79 Å². The summed E-state index contributed by atoms with van der Waals surface area (Å²) in [5, 5.41) is 4.96. The summed E-state index contributed by atoms with van der Waals surface area (Å²) >= 11 is 3.41. The number of halogens is 1. The molecule has 0 spiro atoms. The second-order valence-corrected chi connectivity index (χ2v) is 8.24. The molecule has 0 bridgehead atoms. The lowest BCUT2D eigenvalue weighted by molar-refractivity contribution is 0.355. The molecule has 3 aromatic rings. The van der Waals surface area contributed by atoms with Gasteiger partial charge in [0.15, 0.2) is 11.5 Å². The number of nitrogens with zero attached hydrogens (tertiary/aromatic N) is 3. The maximum atomic E-state index is 13.1. The molecule has 0 saturated carbocycles. The Kier molecular flexibility index (Phi) is 5.56. The Morgan fingerprint density at radius 2 is 1.79 bits per heavy atom. The van der Waals surface area contributed by atoms with Crippen molar-refractivity contribution in [3.8, 4) is 11.5 Å². The zero-order valence-electron chi connectivity index (χ0n) is 16.5. The molecule has 0 radical (unpaired) electrons. The fraction of sp³-hybridized carbons (Fsp3) is 0.286. The molecule has 0 aliphatic rings. The number of rotatable bonds is 4. The van der Waals surface area contributed by atoms with E-state index in [0.29, 0.717) is 28.2 Å². The summed E-state index contributed by atoms with van der Waals surface area (Å²) in [6, 6.07) is 10.9. The summed E-state index contributed by atoms with van der Waals surface area (Å²) in [6.07, 6.45) is 1.62. The second-order valence-electron chi connectivity index (χ2n) is 7.32. The van der Waals surface area contributed by atoms with Crippen LogP contribution in [0.1, 0.15) is 32.2 Å². The molecule has 2 aromatic carbocycles. The minimum Gasteiger partial charge on any atom is -0.493 e. The molecule has 0 aliphatic carbocycles. The second kappa shape index (κ2) is 7.75. The number of methoxy groups -OCH3 is 2. The van der Waals surface area contributed by atoms with Crippen LogP contribution in [0.2, 0.25) is 0 Å². The van der Waals surface area contributed by atoms with Gasteiger partial charge in [0, 0.05) is 9.89 Å². The Morgan fingerprint density at radius 3 is 2.43 bits per heavy atom. The van der Waals surface area contributed by atoms with Crippen molar-refractivity contribution in [2.45, 2.75) is 26.2 Å². The topological polar surface area (TPSA) is 65.7 Å². The van der Waals surface area contributed by atoms with Gasteiger partial charge in [0.05, 0.1) is 31.3 Å². The molecule has 146 valence electrons. The minimum absolute atomic E-state index is 0.215. The highest BCUT2D eigenvalue weighted by Crippen LogP contribution is 2.27. The Balaban J connectivity index is 2.17. The highest BCUT2D eigenvalue weighted by molar-refractivity contribution is 9.10. The van der Waals surface area contributed by atoms with Crippen LogP contribution in [0.3, 0.4) is 0 Å². The van der Waals surface area contributed by atoms with Crippen LogP contribution in [0.15, 0.2) is 50.8 Å². The standard InChI is InChI=1S/C21H22BrN3O3/c1-21(2,3)20-24-16-8-7-14(22)11-15(16)19(26)25(20)23-12-13-6-9-17(27-4)18(10-13)28-5/h6-12H,1-5H3. The molecule has 6 nitrogen and oxygen atoms in total. The van der Waals surface area contributed by atoms with Crippen molar-refractivity contribution in [3.63, 3.8) is 0 Å². The van der Waals surface area contributed by atoms with E-state index in [-0.39, 0.29) is 11.0 Å². The van der Waals surface area contributed by atoms with E-state index < -0.39 is 0 Å². The Morgan fingerprint density at radius 1 is 1.07 bits per heavy atom. The first-order valence-corrected chi connectivity index (χ1v) is 9.53. The van der Waals surface area contributed by atoms with Crippen molar-refractivity contribution in [1.82, 2.24) is 9.66 Å². The third-order valence-electron chi connectivity index (χ3n) is 4.21. The molecular weight excluding hydrogens is 422 g/mol. The van der Waals surface area contributed by atoms with Gasteiger partial charge in [-0.3, -0.25) is 4.79 Å². The zero-order chi connectivity index (χ0) is 20.5. The van der Waals surface area contributed by atoms with Crippen molar-refractivity contribution < 1.29 is 9.47 Å². The van der Waals surface area contributed by atoms with Crippen molar-refractivity contribution in [3.05, 3.63) is 62.6 Å². The molecule has 0 unspecified atom stereocenters. The highest BCUT2D eigenvalue weighted by atomic mass is 79.9. The average molecular weight is 444 g/mol. The molecule has 7 heteroatoms. The molecule has 28 heavy (non-hydrogen) atoms. The summed E-state index contributed by atoms with van der Waals surface area (Å²) in [5.74, 6) is 1.81. The largest absolute Gasteiger partial charge is 0.493 e. The van der Waals surface area contributed by atoms with Crippen molar-refractivity contribution in [2.24, 2.45) is 5.10 Å². The predicted octanol–water partition coefficient (Wildman–Crippen LogP) is 4.36. The maximum Gasteiger partial charge on any atom is 0.282 e. The first-order valence-electron chi connectivity index (χ1n) is 8.74. The van der Waals surface area contributed by atoms with Crippen LogP contribution in [-0.4, -0.2) is 30.1 Å². The molecule has 0 amide bonds. The van der Waals surface area contributed by atoms with Gasteiger partial charge in [0.1, 0.15) is 5.82 Å². The number of benzene rings is 2.